The lowest BCUT2D eigenvalue weighted by Gasteiger charge is -2.14. The minimum Gasteiger partial charge on any atom is -0.340 e. The summed E-state index contributed by atoms with van der Waals surface area (Å²) < 4.78 is 22.5. The number of rotatable bonds is 5. The molecule has 0 saturated carbocycles. The molecule has 28 heavy (non-hydrogen) atoms. The fourth-order valence-corrected chi connectivity index (χ4v) is 3.26. The maximum atomic E-state index is 12.3. The van der Waals surface area contributed by atoms with E-state index in [0.29, 0.717) is 16.9 Å². The van der Waals surface area contributed by atoms with Gasteiger partial charge in [-0.25, -0.2) is 13.6 Å². The van der Waals surface area contributed by atoms with Crippen molar-refractivity contribution >= 4 is 39.1 Å². The number of carbonyl (C=O) groups is 3. The second-order valence-electron chi connectivity index (χ2n) is 6.22. The largest absolute Gasteiger partial charge is 0.340 e. The summed E-state index contributed by atoms with van der Waals surface area (Å²) in [6, 6.07) is 11.2. The average molecular weight is 402 g/mol. The Labute approximate surface area is 161 Å². The summed E-state index contributed by atoms with van der Waals surface area (Å²) in [7, 11) is -3.81. The fourth-order valence-electron chi connectivity index (χ4n) is 2.74. The van der Waals surface area contributed by atoms with Crippen LogP contribution in [0, 0.1) is 0 Å². The van der Waals surface area contributed by atoms with Crippen LogP contribution in [0.2, 0.25) is 0 Å². The van der Waals surface area contributed by atoms with Crippen molar-refractivity contribution in [2.45, 2.75) is 23.8 Å². The van der Waals surface area contributed by atoms with E-state index in [1.165, 1.54) is 24.3 Å². The van der Waals surface area contributed by atoms with E-state index in [-0.39, 0.29) is 23.6 Å². The maximum Gasteiger partial charge on any atom is 0.254 e. The van der Waals surface area contributed by atoms with Gasteiger partial charge < -0.3 is 16.0 Å². The Hall–Kier alpha value is -3.24. The molecular weight excluding hydrogens is 384 g/mol. The molecule has 2 aromatic rings. The van der Waals surface area contributed by atoms with E-state index in [4.69, 9.17) is 5.14 Å². The van der Waals surface area contributed by atoms with E-state index < -0.39 is 27.9 Å². The molecule has 0 aliphatic carbocycles. The topological polar surface area (TPSA) is 147 Å². The van der Waals surface area contributed by atoms with Crippen molar-refractivity contribution in [3.8, 4) is 0 Å². The van der Waals surface area contributed by atoms with Crippen LogP contribution < -0.4 is 21.1 Å². The molecule has 1 heterocycles. The van der Waals surface area contributed by atoms with Gasteiger partial charge in [-0.05, 0) is 42.8 Å². The average Bonchev–Trinajstić information content (AvgIpc) is 2.76. The van der Waals surface area contributed by atoms with Gasteiger partial charge in [0.15, 0.2) is 0 Å². The van der Waals surface area contributed by atoms with E-state index >= 15 is 0 Å². The lowest BCUT2D eigenvalue weighted by atomic mass is 10.1. The Bertz CT molecular complexity index is 1030. The number of sulfonamides is 1. The van der Waals surface area contributed by atoms with E-state index in [9.17, 15) is 22.8 Å². The molecule has 0 radical (unpaired) electrons. The molecule has 0 spiro atoms. The molecule has 0 fully saturated rings. The number of carbonyl (C=O) groups excluding carboxylic acids is 3. The highest BCUT2D eigenvalue weighted by atomic mass is 32.2. The minimum absolute atomic E-state index is 0.0222. The lowest BCUT2D eigenvalue weighted by Crippen LogP contribution is -2.41. The normalized spacial score (nSPS) is 16.4. The zero-order chi connectivity index (χ0) is 20.3. The first-order valence-corrected chi connectivity index (χ1v) is 9.92. The second kappa shape index (κ2) is 7.79. The van der Waals surface area contributed by atoms with Crippen LogP contribution in [0.1, 0.15) is 23.2 Å². The number of primary sulfonamides is 1. The molecule has 0 saturated heterocycles. The molecule has 10 heteroatoms. The summed E-state index contributed by atoms with van der Waals surface area (Å²) in [5, 5.41) is 12.9. The van der Waals surface area contributed by atoms with Crippen molar-refractivity contribution < 1.29 is 22.8 Å². The third-order valence-electron chi connectivity index (χ3n) is 4.18. The predicted molar refractivity (Wildman–Crippen MR) is 102 cm³/mol. The molecule has 1 unspecified atom stereocenters. The quantitative estimate of drug-likeness (QED) is 0.584. The summed E-state index contributed by atoms with van der Waals surface area (Å²) in [5.41, 5.74) is 1.17. The van der Waals surface area contributed by atoms with Gasteiger partial charge in [-0.15, -0.1) is 0 Å². The minimum atomic E-state index is -3.81. The number of nitrogens with two attached hydrogens (primary N) is 1. The standard InChI is InChI=1S/C18H18N4O5S/c19-28(26,27)12-7-5-11(6-8-12)20-16(23)10-9-15-18(25)21-14-4-2-1-3-13(14)17(24)22-15/h1-8,15H,9-10H2,(H,20,23)(H,21,25)(H,22,24)(H2,19,26,27). The van der Waals surface area contributed by atoms with Crippen molar-refractivity contribution in [2.75, 3.05) is 10.6 Å². The Morgan fingerprint density at radius 1 is 1.07 bits per heavy atom. The molecule has 1 aliphatic heterocycles. The molecule has 1 atom stereocenters. The molecule has 3 rings (SSSR count). The van der Waals surface area contributed by atoms with Gasteiger partial charge in [0.25, 0.3) is 5.91 Å². The fraction of sp³-hybridized carbons (Fsp3) is 0.167. The van der Waals surface area contributed by atoms with Gasteiger partial charge in [-0.3, -0.25) is 14.4 Å². The highest BCUT2D eigenvalue weighted by molar-refractivity contribution is 7.89. The van der Waals surface area contributed by atoms with E-state index in [0.717, 1.165) is 0 Å². The van der Waals surface area contributed by atoms with Gasteiger partial charge in [0, 0.05) is 12.1 Å². The molecular formula is C18H18N4O5S. The zero-order valence-electron chi connectivity index (χ0n) is 14.6. The number of hydrogen-bond acceptors (Lipinski definition) is 5. The number of hydrogen-bond donors (Lipinski definition) is 4. The predicted octanol–water partition coefficient (Wildman–Crippen LogP) is 0.803. The van der Waals surface area contributed by atoms with Crippen LogP contribution in [0.25, 0.3) is 0 Å². The molecule has 1 aliphatic rings. The van der Waals surface area contributed by atoms with Gasteiger partial charge >= 0.3 is 0 Å². The molecule has 0 bridgehead atoms. The number of fused-ring (bicyclic) bond motifs is 1. The molecule has 3 amide bonds. The highest BCUT2D eigenvalue weighted by Gasteiger charge is 2.27. The Morgan fingerprint density at radius 2 is 1.75 bits per heavy atom. The second-order valence-corrected chi connectivity index (χ2v) is 7.78. The summed E-state index contributed by atoms with van der Waals surface area (Å²) in [6.45, 7) is 0. The molecule has 5 N–H and O–H groups in total. The lowest BCUT2D eigenvalue weighted by molar-refractivity contribution is -0.118. The van der Waals surface area contributed by atoms with Gasteiger partial charge in [-0.2, -0.15) is 0 Å². The van der Waals surface area contributed by atoms with Gasteiger partial charge in [0.1, 0.15) is 6.04 Å². The van der Waals surface area contributed by atoms with Crippen LogP contribution in [-0.2, 0) is 19.6 Å². The van der Waals surface area contributed by atoms with Crippen molar-refractivity contribution in [3.63, 3.8) is 0 Å². The van der Waals surface area contributed by atoms with Crippen LogP contribution in [0.4, 0.5) is 11.4 Å². The van der Waals surface area contributed by atoms with Crippen molar-refractivity contribution in [2.24, 2.45) is 5.14 Å². The zero-order valence-corrected chi connectivity index (χ0v) is 15.5. The Kier molecular flexibility index (Phi) is 5.43. The molecule has 0 aromatic heterocycles. The number of benzene rings is 2. The van der Waals surface area contributed by atoms with E-state index in [2.05, 4.69) is 16.0 Å². The van der Waals surface area contributed by atoms with Crippen LogP contribution in [-0.4, -0.2) is 32.2 Å². The van der Waals surface area contributed by atoms with Gasteiger partial charge in [0.05, 0.1) is 16.1 Å². The Morgan fingerprint density at radius 3 is 2.43 bits per heavy atom. The maximum absolute atomic E-state index is 12.3. The van der Waals surface area contributed by atoms with E-state index in [1.54, 1.807) is 24.3 Å². The third kappa shape index (κ3) is 4.53. The molecule has 146 valence electrons. The third-order valence-corrected chi connectivity index (χ3v) is 5.11. The first kappa shape index (κ1) is 19.5. The summed E-state index contributed by atoms with van der Waals surface area (Å²) >= 11 is 0. The molecule has 9 nitrogen and oxygen atoms in total. The first-order chi connectivity index (χ1) is 13.2. The smallest absolute Gasteiger partial charge is 0.254 e. The monoisotopic (exact) mass is 402 g/mol. The van der Waals surface area contributed by atoms with Gasteiger partial charge in [-0.1, -0.05) is 12.1 Å². The summed E-state index contributed by atoms with van der Waals surface area (Å²) in [5.74, 6) is -1.17. The number of nitrogens with one attached hydrogen (secondary N) is 3. The summed E-state index contributed by atoms with van der Waals surface area (Å²) in [6.07, 6.45) is 0.0817. The van der Waals surface area contributed by atoms with Crippen molar-refractivity contribution in [1.29, 1.82) is 0 Å². The van der Waals surface area contributed by atoms with Crippen molar-refractivity contribution in [3.05, 3.63) is 54.1 Å². The summed E-state index contributed by atoms with van der Waals surface area (Å²) in [4.78, 5) is 36.6. The van der Waals surface area contributed by atoms with E-state index in [1.807, 2.05) is 0 Å². The van der Waals surface area contributed by atoms with Crippen LogP contribution in [0.3, 0.4) is 0 Å². The van der Waals surface area contributed by atoms with Crippen LogP contribution in [0.15, 0.2) is 53.4 Å². The Balaban J connectivity index is 1.59. The van der Waals surface area contributed by atoms with Crippen molar-refractivity contribution in [1.82, 2.24) is 5.32 Å². The van der Waals surface area contributed by atoms with Crippen LogP contribution in [0.5, 0.6) is 0 Å². The SMILES string of the molecule is NS(=O)(=O)c1ccc(NC(=O)CCC2NC(=O)c3ccccc3NC2=O)cc1. The van der Waals surface area contributed by atoms with Gasteiger partial charge in [0.2, 0.25) is 21.8 Å². The highest BCUT2D eigenvalue weighted by Crippen LogP contribution is 2.19. The molecule has 2 aromatic carbocycles. The number of amides is 3. The van der Waals surface area contributed by atoms with Crippen LogP contribution >= 0.6 is 0 Å². The number of para-hydroxylation sites is 1. The number of anilines is 2. The first-order valence-electron chi connectivity index (χ1n) is 8.37.